The molecule has 0 radical (unpaired) electrons. The number of anilines is 1. The number of benzene rings is 1. The number of thioether (sulfide) groups is 1. The smallest absolute Gasteiger partial charge is 0.261 e. The first kappa shape index (κ1) is 13.4. The largest absolute Gasteiger partial charge is 0.399 e. The van der Waals surface area contributed by atoms with Gasteiger partial charge in [0.05, 0.1) is 11.3 Å². The molecule has 0 bridgehead atoms. The van der Waals surface area contributed by atoms with Crippen molar-refractivity contribution in [2.75, 3.05) is 5.73 Å². The zero-order chi connectivity index (χ0) is 13.9. The van der Waals surface area contributed by atoms with Crippen LogP contribution in [0.2, 0.25) is 0 Å². The number of hydrogen-bond donors (Lipinski definition) is 1. The Morgan fingerprint density at radius 3 is 2.95 bits per heavy atom. The summed E-state index contributed by atoms with van der Waals surface area (Å²) in [4.78, 5) is 4.25. The molecule has 0 spiro atoms. The molecule has 106 valence electrons. The van der Waals surface area contributed by atoms with E-state index in [-0.39, 0.29) is 11.5 Å². The molecule has 0 unspecified atom stereocenters. The van der Waals surface area contributed by atoms with Gasteiger partial charge in [0.15, 0.2) is 5.82 Å². The van der Waals surface area contributed by atoms with Crippen molar-refractivity contribution in [1.82, 2.24) is 10.1 Å². The average molecular weight is 293 g/mol. The van der Waals surface area contributed by atoms with E-state index in [0.717, 1.165) is 0 Å². The van der Waals surface area contributed by atoms with Gasteiger partial charge in [0, 0.05) is 10.9 Å². The van der Waals surface area contributed by atoms with E-state index in [2.05, 4.69) is 10.1 Å². The summed E-state index contributed by atoms with van der Waals surface area (Å²) in [5.74, 6) is 1.10. The Kier molecular flexibility index (Phi) is 3.91. The summed E-state index contributed by atoms with van der Waals surface area (Å²) in [5, 5.41) is 4.61. The lowest BCUT2D eigenvalue weighted by Gasteiger charge is -2.04. The van der Waals surface area contributed by atoms with Crippen molar-refractivity contribution in [2.24, 2.45) is 0 Å². The number of nitrogen functional groups attached to an aromatic ring is 1. The zero-order valence-electron chi connectivity index (χ0n) is 11.0. The molecule has 0 atom stereocenters. The summed E-state index contributed by atoms with van der Waals surface area (Å²) in [6.07, 6.45) is 5.14. The van der Waals surface area contributed by atoms with Crippen molar-refractivity contribution in [1.29, 1.82) is 0 Å². The lowest BCUT2D eigenvalue weighted by atomic mass is 10.2. The topological polar surface area (TPSA) is 64.9 Å². The Hall–Kier alpha value is -1.56. The summed E-state index contributed by atoms with van der Waals surface area (Å²) in [5.41, 5.74) is 6.38. The van der Waals surface area contributed by atoms with Gasteiger partial charge in [0.2, 0.25) is 0 Å². The number of halogens is 1. The van der Waals surface area contributed by atoms with Crippen LogP contribution < -0.4 is 5.73 Å². The standard InChI is InChI=1S/C14H16FN3OS/c15-12-6-5-9(16)7-11(12)14-17-13(18-19-14)8-20-10-3-1-2-4-10/h5-7,10H,1-4,8,16H2. The van der Waals surface area contributed by atoms with Gasteiger partial charge in [-0.25, -0.2) is 4.39 Å². The minimum Gasteiger partial charge on any atom is -0.399 e. The van der Waals surface area contributed by atoms with E-state index >= 15 is 0 Å². The third-order valence-electron chi connectivity index (χ3n) is 3.44. The summed E-state index contributed by atoms with van der Waals surface area (Å²) < 4.78 is 18.8. The Balaban J connectivity index is 1.71. The lowest BCUT2D eigenvalue weighted by molar-refractivity contribution is 0.423. The molecule has 1 aliphatic carbocycles. The third kappa shape index (κ3) is 2.95. The second-order valence-corrected chi connectivity index (χ2v) is 6.26. The van der Waals surface area contributed by atoms with Crippen molar-refractivity contribution in [2.45, 2.75) is 36.7 Å². The maximum absolute atomic E-state index is 13.7. The molecule has 6 heteroatoms. The predicted molar refractivity (Wildman–Crippen MR) is 77.7 cm³/mol. The van der Waals surface area contributed by atoms with Gasteiger partial charge in [-0.05, 0) is 31.0 Å². The summed E-state index contributed by atoms with van der Waals surface area (Å²) in [7, 11) is 0. The minimum atomic E-state index is -0.405. The fourth-order valence-electron chi connectivity index (χ4n) is 2.38. The summed E-state index contributed by atoms with van der Waals surface area (Å²) >= 11 is 1.85. The van der Waals surface area contributed by atoms with E-state index in [9.17, 15) is 4.39 Å². The van der Waals surface area contributed by atoms with Crippen LogP contribution in [0.4, 0.5) is 10.1 Å². The monoisotopic (exact) mass is 293 g/mol. The Morgan fingerprint density at radius 2 is 2.15 bits per heavy atom. The van der Waals surface area contributed by atoms with Gasteiger partial charge in [-0.3, -0.25) is 0 Å². The van der Waals surface area contributed by atoms with Crippen molar-refractivity contribution in [3.63, 3.8) is 0 Å². The van der Waals surface area contributed by atoms with Gasteiger partial charge in [-0.15, -0.1) is 0 Å². The van der Waals surface area contributed by atoms with E-state index in [1.165, 1.54) is 43.9 Å². The average Bonchev–Trinajstić information content (AvgIpc) is 3.10. The van der Waals surface area contributed by atoms with E-state index in [1.807, 2.05) is 11.8 Å². The molecule has 1 aliphatic rings. The van der Waals surface area contributed by atoms with Gasteiger partial charge in [-0.2, -0.15) is 16.7 Å². The Bertz CT molecular complexity index is 596. The molecular weight excluding hydrogens is 277 g/mol. The van der Waals surface area contributed by atoms with Crippen LogP contribution in [0.25, 0.3) is 11.5 Å². The molecule has 2 aromatic rings. The summed E-state index contributed by atoms with van der Waals surface area (Å²) in [6.45, 7) is 0. The number of rotatable bonds is 4. The van der Waals surface area contributed by atoms with Crippen LogP contribution in [0.1, 0.15) is 31.5 Å². The van der Waals surface area contributed by atoms with Gasteiger partial charge in [0.1, 0.15) is 5.82 Å². The molecule has 3 rings (SSSR count). The van der Waals surface area contributed by atoms with E-state index in [1.54, 1.807) is 0 Å². The van der Waals surface area contributed by atoms with Crippen molar-refractivity contribution < 1.29 is 8.91 Å². The van der Waals surface area contributed by atoms with Crippen molar-refractivity contribution in [3.05, 3.63) is 29.8 Å². The molecule has 4 nitrogen and oxygen atoms in total. The fraction of sp³-hybridized carbons (Fsp3) is 0.429. The number of aromatic nitrogens is 2. The highest BCUT2D eigenvalue weighted by molar-refractivity contribution is 7.99. The molecule has 1 saturated carbocycles. The molecule has 2 N–H and O–H groups in total. The normalized spacial score (nSPS) is 15.8. The predicted octanol–water partition coefficient (Wildman–Crippen LogP) is 3.63. The van der Waals surface area contributed by atoms with Gasteiger partial charge in [0.25, 0.3) is 5.89 Å². The molecule has 1 heterocycles. The van der Waals surface area contributed by atoms with Crippen molar-refractivity contribution >= 4 is 17.4 Å². The van der Waals surface area contributed by atoms with Gasteiger partial charge < -0.3 is 10.3 Å². The summed E-state index contributed by atoms with van der Waals surface area (Å²) in [6, 6.07) is 4.32. The van der Waals surface area contributed by atoms with Crippen molar-refractivity contribution in [3.8, 4) is 11.5 Å². The highest BCUT2D eigenvalue weighted by Crippen LogP contribution is 2.31. The lowest BCUT2D eigenvalue weighted by Crippen LogP contribution is -1.96. The van der Waals surface area contributed by atoms with E-state index in [4.69, 9.17) is 10.3 Å². The maximum Gasteiger partial charge on any atom is 0.261 e. The highest BCUT2D eigenvalue weighted by Gasteiger charge is 2.18. The Labute approximate surface area is 120 Å². The number of nitrogens with two attached hydrogens (primary N) is 1. The molecule has 0 saturated heterocycles. The van der Waals surface area contributed by atoms with Crippen LogP contribution >= 0.6 is 11.8 Å². The third-order valence-corrected chi connectivity index (χ3v) is 4.81. The van der Waals surface area contributed by atoms with Crippen LogP contribution in [-0.4, -0.2) is 15.4 Å². The first-order valence-corrected chi connectivity index (χ1v) is 7.77. The molecule has 1 fully saturated rings. The molecule has 1 aromatic carbocycles. The number of nitrogens with zero attached hydrogens (tertiary/aromatic N) is 2. The van der Waals surface area contributed by atoms with Crippen LogP contribution in [-0.2, 0) is 5.75 Å². The van der Waals surface area contributed by atoms with E-state index < -0.39 is 5.82 Å². The first-order valence-electron chi connectivity index (χ1n) is 6.72. The SMILES string of the molecule is Nc1ccc(F)c(-c2nc(CSC3CCCC3)no2)c1. The Morgan fingerprint density at radius 1 is 1.35 bits per heavy atom. The van der Waals surface area contributed by atoms with Gasteiger partial charge >= 0.3 is 0 Å². The molecule has 0 amide bonds. The van der Waals surface area contributed by atoms with Crippen LogP contribution in [0.3, 0.4) is 0 Å². The fourth-order valence-corrected chi connectivity index (χ4v) is 3.54. The minimum absolute atomic E-state index is 0.192. The second kappa shape index (κ2) is 5.83. The zero-order valence-corrected chi connectivity index (χ0v) is 11.8. The van der Waals surface area contributed by atoms with Gasteiger partial charge in [-0.1, -0.05) is 18.0 Å². The quantitative estimate of drug-likeness (QED) is 0.872. The van der Waals surface area contributed by atoms with Crippen LogP contribution in [0, 0.1) is 5.82 Å². The van der Waals surface area contributed by atoms with Crippen LogP contribution in [0.5, 0.6) is 0 Å². The number of hydrogen-bond acceptors (Lipinski definition) is 5. The molecule has 20 heavy (non-hydrogen) atoms. The maximum atomic E-state index is 13.7. The molecule has 1 aromatic heterocycles. The highest BCUT2D eigenvalue weighted by atomic mass is 32.2. The molecule has 0 aliphatic heterocycles. The van der Waals surface area contributed by atoms with Crippen LogP contribution in [0.15, 0.2) is 22.7 Å². The van der Waals surface area contributed by atoms with E-state index in [0.29, 0.717) is 22.5 Å². The molecular formula is C14H16FN3OS. The second-order valence-electron chi connectivity index (χ2n) is 4.97. The first-order chi connectivity index (χ1) is 9.72.